The van der Waals surface area contributed by atoms with Gasteiger partial charge in [0.05, 0.1) is 0 Å². The van der Waals surface area contributed by atoms with Crippen LogP contribution in [-0.2, 0) is 13.0 Å². The Labute approximate surface area is 102 Å². The lowest BCUT2D eigenvalue weighted by molar-refractivity contribution is 0.136. The van der Waals surface area contributed by atoms with E-state index < -0.39 is 0 Å². The number of thiophene rings is 1. The molecule has 0 bridgehead atoms. The third-order valence-electron chi connectivity index (χ3n) is 3.85. The first-order valence-electron chi connectivity index (χ1n) is 6.25. The van der Waals surface area contributed by atoms with Crippen LogP contribution >= 0.6 is 11.3 Å². The Morgan fingerprint density at radius 2 is 2.38 bits per heavy atom. The van der Waals surface area contributed by atoms with E-state index in [2.05, 4.69) is 30.2 Å². The number of rotatable bonds is 4. The number of fused-ring (bicyclic) bond motifs is 1. The maximum atomic E-state index is 5.94. The van der Waals surface area contributed by atoms with Gasteiger partial charge in [0.1, 0.15) is 0 Å². The molecule has 0 radical (unpaired) electrons. The van der Waals surface area contributed by atoms with Crippen molar-refractivity contribution >= 4 is 11.3 Å². The van der Waals surface area contributed by atoms with Crippen LogP contribution in [0.5, 0.6) is 0 Å². The van der Waals surface area contributed by atoms with Crippen LogP contribution in [0.1, 0.15) is 30.7 Å². The lowest BCUT2D eigenvalue weighted by Gasteiger charge is -2.37. The highest BCUT2D eigenvalue weighted by Crippen LogP contribution is 2.27. The van der Waals surface area contributed by atoms with Crippen molar-refractivity contribution in [2.24, 2.45) is 11.7 Å². The molecule has 2 heterocycles. The quantitative estimate of drug-likeness (QED) is 0.873. The van der Waals surface area contributed by atoms with Crippen molar-refractivity contribution in [2.75, 3.05) is 13.1 Å². The van der Waals surface area contributed by atoms with Crippen LogP contribution < -0.4 is 5.73 Å². The van der Waals surface area contributed by atoms with Crippen molar-refractivity contribution in [1.29, 1.82) is 0 Å². The first-order valence-corrected chi connectivity index (χ1v) is 7.13. The minimum atomic E-state index is 0.554. The summed E-state index contributed by atoms with van der Waals surface area (Å²) in [6.45, 7) is 7.65. The molecule has 0 saturated heterocycles. The molecule has 1 aromatic rings. The summed E-state index contributed by atoms with van der Waals surface area (Å²) >= 11 is 1.90. The van der Waals surface area contributed by atoms with E-state index in [0.29, 0.717) is 12.0 Å². The fourth-order valence-electron chi connectivity index (χ4n) is 2.57. The highest BCUT2D eigenvalue weighted by molar-refractivity contribution is 7.10. The van der Waals surface area contributed by atoms with Gasteiger partial charge in [0.2, 0.25) is 0 Å². The maximum absolute atomic E-state index is 5.94. The molecule has 1 aliphatic heterocycles. The van der Waals surface area contributed by atoms with Gasteiger partial charge in [-0.3, -0.25) is 4.90 Å². The molecule has 1 aliphatic rings. The Morgan fingerprint density at radius 1 is 1.56 bits per heavy atom. The second kappa shape index (κ2) is 5.30. The minimum absolute atomic E-state index is 0.554. The van der Waals surface area contributed by atoms with E-state index >= 15 is 0 Å². The van der Waals surface area contributed by atoms with E-state index in [1.807, 2.05) is 11.3 Å². The molecule has 0 saturated carbocycles. The summed E-state index contributed by atoms with van der Waals surface area (Å²) in [6.07, 6.45) is 2.43. The van der Waals surface area contributed by atoms with E-state index in [1.54, 1.807) is 4.88 Å². The standard InChI is InChI=1S/C13H22N2S/c1-3-10(2)12(8-14)15-6-4-13-11(9-15)5-7-16-13/h5,7,10,12H,3-4,6,8-9,14H2,1-2H3. The maximum Gasteiger partial charge on any atom is 0.0248 e. The molecule has 2 unspecified atom stereocenters. The molecular weight excluding hydrogens is 216 g/mol. The fourth-order valence-corrected chi connectivity index (χ4v) is 3.46. The summed E-state index contributed by atoms with van der Waals surface area (Å²) in [6, 6.07) is 2.83. The third kappa shape index (κ3) is 2.31. The van der Waals surface area contributed by atoms with Crippen LogP contribution in [0.25, 0.3) is 0 Å². The van der Waals surface area contributed by atoms with Crippen molar-refractivity contribution in [2.45, 2.75) is 39.3 Å². The second-order valence-electron chi connectivity index (χ2n) is 4.78. The first-order chi connectivity index (χ1) is 7.76. The summed E-state index contributed by atoms with van der Waals surface area (Å²) in [7, 11) is 0. The van der Waals surface area contributed by atoms with Crippen LogP contribution in [0.2, 0.25) is 0 Å². The number of hydrogen-bond donors (Lipinski definition) is 1. The van der Waals surface area contributed by atoms with Crippen molar-refractivity contribution in [3.8, 4) is 0 Å². The van der Waals surface area contributed by atoms with E-state index in [1.165, 1.54) is 24.9 Å². The van der Waals surface area contributed by atoms with Gasteiger partial charge in [0.25, 0.3) is 0 Å². The van der Waals surface area contributed by atoms with Crippen LogP contribution in [0.4, 0.5) is 0 Å². The fraction of sp³-hybridized carbons (Fsp3) is 0.692. The van der Waals surface area contributed by atoms with Crippen LogP contribution in [-0.4, -0.2) is 24.0 Å². The Kier molecular flexibility index (Phi) is 4.00. The second-order valence-corrected chi connectivity index (χ2v) is 5.78. The Balaban J connectivity index is 2.06. The molecule has 0 aliphatic carbocycles. The molecule has 90 valence electrons. The van der Waals surface area contributed by atoms with E-state index in [4.69, 9.17) is 5.73 Å². The Hall–Kier alpha value is -0.380. The SMILES string of the molecule is CCC(C)C(CN)N1CCc2sccc2C1. The summed E-state index contributed by atoms with van der Waals surface area (Å²) in [4.78, 5) is 4.15. The largest absolute Gasteiger partial charge is 0.329 e. The van der Waals surface area contributed by atoms with Gasteiger partial charge in [-0.2, -0.15) is 0 Å². The van der Waals surface area contributed by atoms with Crippen molar-refractivity contribution in [3.63, 3.8) is 0 Å². The number of nitrogens with two attached hydrogens (primary N) is 1. The molecule has 0 fully saturated rings. The van der Waals surface area contributed by atoms with Gasteiger partial charge in [-0.15, -0.1) is 11.3 Å². The molecule has 2 atom stereocenters. The van der Waals surface area contributed by atoms with Gasteiger partial charge in [0, 0.05) is 30.6 Å². The van der Waals surface area contributed by atoms with Gasteiger partial charge in [0.15, 0.2) is 0 Å². The Morgan fingerprint density at radius 3 is 3.06 bits per heavy atom. The van der Waals surface area contributed by atoms with E-state index in [0.717, 1.165) is 13.1 Å². The Bertz CT molecular complexity index is 334. The average molecular weight is 238 g/mol. The van der Waals surface area contributed by atoms with Gasteiger partial charge in [-0.1, -0.05) is 20.3 Å². The molecule has 16 heavy (non-hydrogen) atoms. The lowest BCUT2D eigenvalue weighted by Crippen LogP contribution is -2.46. The zero-order valence-electron chi connectivity index (χ0n) is 10.3. The first kappa shape index (κ1) is 12.1. The topological polar surface area (TPSA) is 29.3 Å². The van der Waals surface area contributed by atoms with Crippen molar-refractivity contribution in [3.05, 3.63) is 21.9 Å². The normalized spacial score (nSPS) is 20.4. The molecule has 0 aromatic carbocycles. The summed E-state index contributed by atoms with van der Waals surface area (Å²) < 4.78 is 0. The highest BCUT2D eigenvalue weighted by Gasteiger charge is 2.26. The third-order valence-corrected chi connectivity index (χ3v) is 4.87. The van der Waals surface area contributed by atoms with Gasteiger partial charge >= 0.3 is 0 Å². The van der Waals surface area contributed by atoms with Crippen LogP contribution in [0.15, 0.2) is 11.4 Å². The van der Waals surface area contributed by atoms with Gasteiger partial charge < -0.3 is 5.73 Å². The molecule has 2 rings (SSSR count). The zero-order valence-corrected chi connectivity index (χ0v) is 11.1. The van der Waals surface area contributed by atoms with E-state index in [-0.39, 0.29) is 0 Å². The minimum Gasteiger partial charge on any atom is -0.329 e. The molecule has 2 nitrogen and oxygen atoms in total. The predicted octanol–water partition coefficient (Wildman–Crippen LogP) is 2.48. The monoisotopic (exact) mass is 238 g/mol. The molecule has 3 heteroatoms. The van der Waals surface area contributed by atoms with Crippen LogP contribution in [0, 0.1) is 5.92 Å². The average Bonchev–Trinajstić information content (AvgIpc) is 2.77. The highest BCUT2D eigenvalue weighted by atomic mass is 32.1. The zero-order chi connectivity index (χ0) is 11.5. The van der Waals surface area contributed by atoms with Crippen molar-refractivity contribution in [1.82, 2.24) is 4.90 Å². The molecule has 2 N–H and O–H groups in total. The summed E-state index contributed by atoms with van der Waals surface area (Å²) in [5.41, 5.74) is 7.46. The predicted molar refractivity (Wildman–Crippen MR) is 70.7 cm³/mol. The van der Waals surface area contributed by atoms with Gasteiger partial charge in [-0.05, 0) is 29.3 Å². The molecule has 0 spiro atoms. The molecular formula is C13H22N2S. The molecule has 0 amide bonds. The number of nitrogens with zero attached hydrogens (tertiary/aromatic N) is 1. The van der Waals surface area contributed by atoms with E-state index in [9.17, 15) is 0 Å². The van der Waals surface area contributed by atoms with Crippen molar-refractivity contribution < 1.29 is 0 Å². The lowest BCUT2D eigenvalue weighted by atomic mass is 9.95. The van der Waals surface area contributed by atoms with Gasteiger partial charge in [-0.25, -0.2) is 0 Å². The van der Waals surface area contributed by atoms with Crippen LogP contribution in [0.3, 0.4) is 0 Å². The summed E-state index contributed by atoms with van der Waals surface area (Å²) in [5.74, 6) is 0.699. The number of hydrogen-bond acceptors (Lipinski definition) is 3. The summed E-state index contributed by atoms with van der Waals surface area (Å²) in [5, 5.41) is 2.22. The molecule has 1 aromatic heterocycles. The smallest absolute Gasteiger partial charge is 0.0248 e.